The Labute approximate surface area is 112 Å². The standard InChI is InChI=1S/C15H30N2O/c1-11(2)14(8-16-15(3,4)5)17-9-12-6-7-13(10-17)18-12/h11-14,16H,6-10H2,1-5H3. The Bertz CT molecular complexity index is 260. The summed E-state index contributed by atoms with van der Waals surface area (Å²) in [5.41, 5.74) is 0.207. The monoisotopic (exact) mass is 254 g/mol. The predicted molar refractivity (Wildman–Crippen MR) is 75.8 cm³/mol. The first-order valence-corrected chi connectivity index (χ1v) is 7.49. The van der Waals surface area contributed by atoms with Crippen LogP contribution >= 0.6 is 0 Å². The highest BCUT2D eigenvalue weighted by molar-refractivity contribution is 4.90. The van der Waals surface area contributed by atoms with Crippen molar-refractivity contribution in [2.75, 3.05) is 19.6 Å². The minimum absolute atomic E-state index is 0.207. The minimum Gasteiger partial charge on any atom is -0.372 e. The molecule has 3 unspecified atom stereocenters. The van der Waals surface area contributed by atoms with Crippen molar-refractivity contribution in [3.63, 3.8) is 0 Å². The number of ether oxygens (including phenoxy) is 1. The van der Waals surface area contributed by atoms with Gasteiger partial charge in [0.1, 0.15) is 0 Å². The van der Waals surface area contributed by atoms with Crippen molar-refractivity contribution in [2.24, 2.45) is 5.92 Å². The van der Waals surface area contributed by atoms with Gasteiger partial charge in [-0.2, -0.15) is 0 Å². The van der Waals surface area contributed by atoms with Crippen LogP contribution in [0.15, 0.2) is 0 Å². The molecule has 2 rings (SSSR count). The number of morpholine rings is 1. The van der Waals surface area contributed by atoms with E-state index in [1.54, 1.807) is 0 Å². The molecule has 2 aliphatic heterocycles. The number of hydrogen-bond donors (Lipinski definition) is 1. The molecule has 2 fully saturated rings. The molecule has 0 aromatic rings. The third-order valence-corrected chi connectivity index (χ3v) is 4.15. The first-order valence-electron chi connectivity index (χ1n) is 7.49. The van der Waals surface area contributed by atoms with Crippen LogP contribution < -0.4 is 5.32 Å². The van der Waals surface area contributed by atoms with E-state index < -0.39 is 0 Å². The molecule has 0 amide bonds. The zero-order chi connectivity index (χ0) is 13.3. The summed E-state index contributed by atoms with van der Waals surface area (Å²) < 4.78 is 5.94. The summed E-state index contributed by atoms with van der Waals surface area (Å²) in [6.07, 6.45) is 3.52. The van der Waals surface area contributed by atoms with Crippen molar-refractivity contribution in [3.8, 4) is 0 Å². The maximum atomic E-state index is 5.94. The molecule has 3 heteroatoms. The largest absolute Gasteiger partial charge is 0.372 e. The van der Waals surface area contributed by atoms with Gasteiger partial charge in [0.25, 0.3) is 0 Å². The third-order valence-electron chi connectivity index (χ3n) is 4.15. The molecule has 0 aromatic carbocycles. The number of likely N-dealkylation sites (tertiary alicyclic amines) is 1. The van der Waals surface area contributed by atoms with Crippen LogP contribution in [0.25, 0.3) is 0 Å². The van der Waals surface area contributed by atoms with Gasteiger partial charge in [0.2, 0.25) is 0 Å². The van der Waals surface area contributed by atoms with E-state index in [0.29, 0.717) is 24.2 Å². The van der Waals surface area contributed by atoms with Gasteiger partial charge >= 0.3 is 0 Å². The van der Waals surface area contributed by atoms with Crippen molar-refractivity contribution in [1.29, 1.82) is 0 Å². The topological polar surface area (TPSA) is 24.5 Å². The number of hydrogen-bond acceptors (Lipinski definition) is 3. The van der Waals surface area contributed by atoms with Gasteiger partial charge < -0.3 is 10.1 Å². The summed E-state index contributed by atoms with van der Waals surface area (Å²) in [5, 5.41) is 3.67. The number of rotatable bonds is 4. The maximum Gasteiger partial charge on any atom is 0.0707 e. The molecule has 3 nitrogen and oxygen atoms in total. The van der Waals surface area contributed by atoms with Crippen molar-refractivity contribution < 1.29 is 4.74 Å². The average molecular weight is 254 g/mol. The van der Waals surface area contributed by atoms with E-state index in [1.807, 2.05) is 0 Å². The molecule has 0 spiro atoms. The summed E-state index contributed by atoms with van der Waals surface area (Å²) in [5.74, 6) is 0.692. The van der Waals surface area contributed by atoms with Crippen LogP contribution in [0, 0.1) is 5.92 Å². The van der Waals surface area contributed by atoms with E-state index in [0.717, 1.165) is 19.6 Å². The summed E-state index contributed by atoms with van der Waals surface area (Å²) in [4.78, 5) is 2.66. The van der Waals surface area contributed by atoms with Gasteiger partial charge in [-0.25, -0.2) is 0 Å². The van der Waals surface area contributed by atoms with Crippen LogP contribution in [0.1, 0.15) is 47.5 Å². The van der Waals surface area contributed by atoms with Crippen molar-refractivity contribution >= 4 is 0 Å². The second kappa shape index (κ2) is 5.48. The molecule has 3 atom stereocenters. The molecule has 0 saturated carbocycles. The third kappa shape index (κ3) is 3.69. The lowest BCUT2D eigenvalue weighted by molar-refractivity contribution is -0.0591. The molecular formula is C15H30N2O. The van der Waals surface area contributed by atoms with Crippen LogP contribution in [-0.2, 0) is 4.74 Å². The summed E-state index contributed by atoms with van der Waals surface area (Å²) in [7, 11) is 0. The molecule has 0 aromatic heterocycles. The summed E-state index contributed by atoms with van der Waals surface area (Å²) >= 11 is 0. The van der Waals surface area contributed by atoms with Crippen molar-refractivity contribution in [3.05, 3.63) is 0 Å². The molecule has 0 aliphatic carbocycles. The molecular weight excluding hydrogens is 224 g/mol. The Kier molecular flexibility index (Phi) is 4.35. The Morgan fingerprint density at radius 2 is 1.72 bits per heavy atom. The number of nitrogens with zero attached hydrogens (tertiary/aromatic N) is 1. The molecule has 2 heterocycles. The highest BCUT2D eigenvalue weighted by Crippen LogP contribution is 2.28. The van der Waals surface area contributed by atoms with Crippen LogP contribution in [0.5, 0.6) is 0 Å². The van der Waals surface area contributed by atoms with Gasteiger partial charge in [0.05, 0.1) is 12.2 Å². The van der Waals surface area contributed by atoms with E-state index in [2.05, 4.69) is 44.8 Å². The normalized spacial score (nSPS) is 31.0. The Balaban J connectivity index is 1.93. The Morgan fingerprint density at radius 1 is 1.17 bits per heavy atom. The summed E-state index contributed by atoms with van der Waals surface area (Å²) in [6.45, 7) is 14.8. The quantitative estimate of drug-likeness (QED) is 0.833. The zero-order valence-electron chi connectivity index (χ0n) is 12.7. The smallest absolute Gasteiger partial charge is 0.0707 e. The van der Waals surface area contributed by atoms with Crippen molar-refractivity contribution in [1.82, 2.24) is 10.2 Å². The number of nitrogens with one attached hydrogen (secondary N) is 1. The zero-order valence-corrected chi connectivity index (χ0v) is 12.7. The lowest BCUT2D eigenvalue weighted by Gasteiger charge is -2.41. The molecule has 0 radical (unpaired) electrons. The second-order valence-corrected chi connectivity index (χ2v) is 7.35. The minimum atomic E-state index is 0.207. The Hall–Kier alpha value is -0.120. The first kappa shape index (κ1) is 14.3. The van der Waals surface area contributed by atoms with Gasteiger partial charge in [-0.15, -0.1) is 0 Å². The lowest BCUT2D eigenvalue weighted by Crippen LogP contribution is -2.55. The fourth-order valence-corrected chi connectivity index (χ4v) is 3.11. The molecule has 2 bridgehead atoms. The van der Waals surface area contributed by atoms with E-state index in [-0.39, 0.29) is 5.54 Å². The van der Waals surface area contributed by atoms with E-state index >= 15 is 0 Å². The molecule has 106 valence electrons. The first-order chi connectivity index (χ1) is 8.35. The van der Waals surface area contributed by atoms with Crippen LogP contribution in [0.3, 0.4) is 0 Å². The SMILES string of the molecule is CC(C)C(CNC(C)(C)C)N1CC2CCC(C1)O2. The lowest BCUT2D eigenvalue weighted by atomic mass is 9.99. The van der Waals surface area contributed by atoms with E-state index in [4.69, 9.17) is 4.74 Å². The van der Waals surface area contributed by atoms with E-state index in [1.165, 1.54) is 12.8 Å². The van der Waals surface area contributed by atoms with Gasteiger partial charge in [-0.05, 0) is 39.5 Å². The highest BCUT2D eigenvalue weighted by Gasteiger charge is 2.37. The van der Waals surface area contributed by atoms with Gasteiger partial charge in [0, 0.05) is 31.2 Å². The van der Waals surface area contributed by atoms with Crippen LogP contribution in [0.4, 0.5) is 0 Å². The predicted octanol–water partition coefficient (Wildman–Crippen LogP) is 2.26. The van der Waals surface area contributed by atoms with Gasteiger partial charge in [0.15, 0.2) is 0 Å². The second-order valence-electron chi connectivity index (χ2n) is 7.35. The molecule has 2 aliphatic rings. The highest BCUT2D eigenvalue weighted by atomic mass is 16.5. The fourth-order valence-electron chi connectivity index (χ4n) is 3.11. The van der Waals surface area contributed by atoms with E-state index in [9.17, 15) is 0 Å². The summed E-state index contributed by atoms with van der Waals surface area (Å²) in [6, 6.07) is 0.635. The molecule has 1 N–H and O–H groups in total. The van der Waals surface area contributed by atoms with Gasteiger partial charge in [-0.1, -0.05) is 13.8 Å². The molecule has 2 saturated heterocycles. The van der Waals surface area contributed by atoms with Crippen molar-refractivity contribution in [2.45, 2.75) is 71.2 Å². The number of fused-ring (bicyclic) bond motifs is 2. The van der Waals surface area contributed by atoms with Gasteiger partial charge in [-0.3, -0.25) is 4.90 Å². The fraction of sp³-hybridized carbons (Fsp3) is 1.00. The Morgan fingerprint density at radius 3 is 2.17 bits per heavy atom. The maximum absolute atomic E-state index is 5.94. The van der Waals surface area contributed by atoms with Crippen LogP contribution in [0.2, 0.25) is 0 Å². The molecule has 18 heavy (non-hydrogen) atoms. The average Bonchev–Trinajstić information content (AvgIpc) is 2.56. The van der Waals surface area contributed by atoms with Crippen LogP contribution in [-0.4, -0.2) is 48.3 Å².